The second-order valence-electron chi connectivity index (χ2n) is 3.40. The zero-order chi connectivity index (χ0) is 10.7. The number of rotatable bonds is 3. The van der Waals surface area contributed by atoms with Crippen molar-refractivity contribution in [1.29, 1.82) is 0 Å². The fraction of sp³-hybridized carbons (Fsp3) is 0.273. The van der Waals surface area contributed by atoms with Gasteiger partial charge in [-0.05, 0) is 24.6 Å². The molecule has 0 aliphatic rings. The van der Waals surface area contributed by atoms with Crippen LogP contribution in [0.5, 0.6) is 0 Å². The molecule has 0 spiro atoms. The first-order valence-corrected chi connectivity index (χ1v) is 4.77. The van der Waals surface area contributed by atoms with E-state index in [4.69, 9.17) is 4.74 Å². The summed E-state index contributed by atoms with van der Waals surface area (Å²) in [6, 6.07) is 8.05. The molecule has 1 heterocycles. The lowest BCUT2D eigenvalue weighted by Crippen LogP contribution is -1.95. The van der Waals surface area contributed by atoms with Gasteiger partial charge < -0.3 is 4.74 Å². The van der Waals surface area contributed by atoms with Crippen LogP contribution in [0, 0.1) is 6.92 Å². The van der Waals surface area contributed by atoms with Crippen LogP contribution in [-0.2, 0) is 11.3 Å². The van der Waals surface area contributed by atoms with Crippen LogP contribution in [0.4, 0.5) is 0 Å². The fourth-order valence-corrected chi connectivity index (χ4v) is 1.39. The molecular formula is C11H13N3O. The van der Waals surface area contributed by atoms with Gasteiger partial charge in [0.05, 0.1) is 24.2 Å². The van der Waals surface area contributed by atoms with Gasteiger partial charge in [-0.15, -0.1) is 5.10 Å². The van der Waals surface area contributed by atoms with Gasteiger partial charge in [-0.25, -0.2) is 4.68 Å². The van der Waals surface area contributed by atoms with E-state index in [9.17, 15) is 0 Å². The summed E-state index contributed by atoms with van der Waals surface area (Å²) >= 11 is 0. The van der Waals surface area contributed by atoms with E-state index in [-0.39, 0.29) is 0 Å². The molecule has 0 atom stereocenters. The van der Waals surface area contributed by atoms with Crippen LogP contribution in [0.25, 0.3) is 5.69 Å². The zero-order valence-electron chi connectivity index (χ0n) is 8.84. The molecule has 2 rings (SSSR count). The van der Waals surface area contributed by atoms with E-state index < -0.39 is 0 Å². The quantitative estimate of drug-likeness (QED) is 0.762. The average Bonchev–Trinajstić information content (AvgIpc) is 2.67. The smallest absolute Gasteiger partial charge is 0.0800 e. The van der Waals surface area contributed by atoms with Crippen molar-refractivity contribution in [3.8, 4) is 5.69 Å². The van der Waals surface area contributed by atoms with Gasteiger partial charge in [0.1, 0.15) is 0 Å². The molecule has 0 N–H and O–H groups in total. The fourth-order valence-electron chi connectivity index (χ4n) is 1.39. The lowest BCUT2D eigenvalue weighted by atomic mass is 10.2. The van der Waals surface area contributed by atoms with Crippen molar-refractivity contribution >= 4 is 0 Å². The zero-order valence-corrected chi connectivity index (χ0v) is 8.84. The van der Waals surface area contributed by atoms with E-state index in [1.807, 2.05) is 37.4 Å². The van der Waals surface area contributed by atoms with Crippen molar-refractivity contribution in [3.63, 3.8) is 0 Å². The Morgan fingerprint density at radius 1 is 1.27 bits per heavy atom. The minimum atomic E-state index is 0.636. The molecule has 0 saturated carbocycles. The number of hydrogen-bond donors (Lipinski definition) is 0. The van der Waals surface area contributed by atoms with Crippen molar-refractivity contribution in [2.75, 3.05) is 7.11 Å². The number of benzene rings is 1. The van der Waals surface area contributed by atoms with Gasteiger partial charge >= 0.3 is 0 Å². The summed E-state index contributed by atoms with van der Waals surface area (Å²) in [7, 11) is 1.69. The molecular weight excluding hydrogens is 190 g/mol. The van der Waals surface area contributed by atoms with E-state index in [1.54, 1.807) is 11.8 Å². The van der Waals surface area contributed by atoms with E-state index >= 15 is 0 Å². The predicted molar refractivity (Wildman–Crippen MR) is 56.8 cm³/mol. The standard InChI is InChI=1S/C11H13N3O/c1-9-7-14(13-12-9)11-5-3-10(4-6-11)8-15-2/h3-7H,8H2,1-2H3. The third-order valence-corrected chi connectivity index (χ3v) is 2.12. The molecule has 4 heteroatoms. The Morgan fingerprint density at radius 3 is 2.53 bits per heavy atom. The van der Waals surface area contributed by atoms with Gasteiger partial charge in [0.2, 0.25) is 0 Å². The van der Waals surface area contributed by atoms with Gasteiger partial charge in [-0.1, -0.05) is 17.3 Å². The normalized spacial score (nSPS) is 10.5. The third kappa shape index (κ3) is 2.22. The molecule has 0 radical (unpaired) electrons. The van der Waals surface area contributed by atoms with Crippen LogP contribution in [0.15, 0.2) is 30.5 Å². The summed E-state index contributed by atoms with van der Waals surface area (Å²) < 4.78 is 6.80. The molecule has 0 aliphatic carbocycles. The van der Waals surface area contributed by atoms with Crippen molar-refractivity contribution in [2.45, 2.75) is 13.5 Å². The Bertz CT molecular complexity index is 433. The SMILES string of the molecule is COCc1ccc(-n2cc(C)nn2)cc1. The molecule has 0 amide bonds. The van der Waals surface area contributed by atoms with Gasteiger partial charge in [-0.3, -0.25) is 0 Å². The summed E-state index contributed by atoms with van der Waals surface area (Å²) in [4.78, 5) is 0. The molecule has 0 fully saturated rings. The number of ether oxygens (including phenoxy) is 1. The summed E-state index contributed by atoms with van der Waals surface area (Å²) in [5, 5.41) is 7.94. The topological polar surface area (TPSA) is 39.9 Å². The molecule has 4 nitrogen and oxygen atoms in total. The Balaban J connectivity index is 2.23. The molecule has 1 aromatic heterocycles. The summed E-state index contributed by atoms with van der Waals surface area (Å²) in [5.74, 6) is 0. The van der Waals surface area contributed by atoms with Crippen molar-refractivity contribution in [2.24, 2.45) is 0 Å². The van der Waals surface area contributed by atoms with Crippen LogP contribution in [0.2, 0.25) is 0 Å². The highest BCUT2D eigenvalue weighted by atomic mass is 16.5. The number of nitrogens with zero attached hydrogens (tertiary/aromatic N) is 3. The monoisotopic (exact) mass is 203 g/mol. The molecule has 2 aromatic rings. The van der Waals surface area contributed by atoms with Crippen LogP contribution in [-0.4, -0.2) is 22.1 Å². The minimum Gasteiger partial charge on any atom is -0.380 e. The van der Waals surface area contributed by atoms with Crippen LogP contribution in [0.1, 0.15) is 11.3 Å². The van der Waals surface area contributed by atoms with E-state index in [2.05, 4.69) is 10.3 Å². The summed E-state index contributed by atoms with van der Waals surface area (Å²) in [6.07, 6.45) is 1.89. The molecule has 0 saturated heterocycles. The highest BCUT2D eigenvalue weighted by Crippen LogP contribution is 2.09. The maximum Gasteiger partial charge on any atom is 0.0800 e. The first-order valence-electron chi connectivity index (χ1n) is 4.77. The second-order valence-corrected chi connectivity index (χ2v) is 3.40. The van der Waals surface area contributed by atoms with Gasteiger partial charge in [-0.2, -0.15) is 0 Å². The highest BCUT2D eigenvalue weighted by molar-refractivity contribution is 5.33. The maximum atomic E-state index is 5.04. The number of aromatic nitrogens is 3. The molecule has 0 aliphatic heterocycles. The van der Waals surface area contributed by atoms with Gasteiger partial charge in [0.15, 0.2) is 0 Å². The molecule has 78 valence electrons. The van der Waals surface area contributed by atoms with Crippen LogP contribution in [0.3, 0.4) is 0 Å². The Kier molecular flexibility index (Phi) is 2.78. The number of hydrogen-bond acceptors (Lipinski definition) is 3. The van der Waals surface area contributed by atoms with E-state index in [1.165, 1.54) is 0 Å². The minimum absolute atomic E-state index is 0.636. The predicted octanol–water partition coefficient (Wildman–Crippen LogP) is 1.72. The second kappa shape index (κ2) is 4.23. The van der Waals surface area contributed by atoms with Gasteiger partial charge in [0, 0.05) is 7.11 Å². The number of methoxy groups -OCH3 is 1. The summed E-state index contributed by atoms with van der Waals surface area (Å²) in [6.45, 7) is 2.56. The van der Waals surface area contributed by atoms with Gasteiger partial charge in [0.25, 0.3) is 0 Å². The Morgan fingerprint density at radius 2 is 2.00 bits per heavy atom. The Hall–Kier alpha value is -1.68. The highest BCUT2D eigenvalue weighted by Gasteiger charge is 1.99. The lowest BCUT2D eigenvalue weighted by molar-refractivity contribution is 0.185. The van der Waals surface area contributed by atoms with Crippen LogP contribution < -0.4 is 0 Å². The first kappa shape index (κ1) is 9.86. The first-order chi connectivity index (χ1) is 7.29. The van der Waals surface area contributed by atoms with E-state index in [0.29, 0.717) is 6.61 Å². The molecule has 15 heavy (non-hydrogen) atoms. The number of aryl methyl sites for hydroxylation is 1. The molecule has 0 bridgehead atoms. The Labute approximate surface area is 88.5 Å². The molecule has 0 unspecified atom stereocenters. The van der Waals surface area contributed by atoms with E-state index in [0.717, 1.165) is 16.9 Å². The van der Waals surface area contributed by atoms with Crippen molar-refractivity contribution in [3.05, 3.63) is 41.7 Å². The summed E-state index contributed by atoms with van der Waals surface area (Å²) in [5.41, 5.74) is 3.07. The van der Waals surface area contributed by atoms with Crippen molar-refractivity contribution < 1.29 is 4.74 Å². The lowest BCUT2D eigenvalue weighted by Gasteiger charge is -2.02. The molecule has 1 aromatic carbocycles. The van der Waals surface area contributed by atoms with Crippen LogP contribution >= 0.6 is 0 Å². The maximum absolute atomic E-state index is 5.04. The van der Waals surface area contributed by atoms with Crippen molar-refractivity contribution in [1.82, 2.24) is 15.0 Å². The largest absolute Gasteiger partial charge is 0.380 e. The third-order valence-electron chi connectivity index (χ3n) is 2.12. The average molecular weight is 203 g/mol.